The van der Waals surface area contributed by atoms with Crippen LogP contribution in [0.25, 0.3) is 5.69 Å². The maximum Gasteiger partial charge on any atom is 0.409 e. The number of carboxylic acid groups (broad SMARTS) is 1. The van der Waals surface area contributed by atoms with Crippen molar-refractivity contribution in [2.75, 3.05) is 46.4 Å². The second kappa shape index (κ2) is 15.6. The van der Waals surface area contributed by atoms with E-state index in [2.05, 4.69) is 15.7 Å². The molecule has 0 spiro atoms. The van der Waals surface area contributed by atoms with Crippen molar-refractivity contribution in [3.63, 3.8) is 0 Å². The molecule has 16 nitrogen and oxygen atoms in total. The van der Waals surface area contributed by atoms with E-state index in [0.717, 1.165) is 12.8 Å². The molecule has 3 fully saturated rings. The van der Waals surface area contributed by atoms with Gasteiger partial charge in [-0.25, -0.2) is 9.48 Å². The van der Waals surface area contributed by atoms with Crippen LogP contribution >= 0.6 is 0 Å². The van der Waals surface area contributed by atoms with Crippen molar-refractivity contribution in [2.45, 2.75) is 70.1 Å². The third-order valence-electron chi connectivity index (χ3n) is 9.48. The molecule has 50 heavy (non-hydrogen) atoms. The number of likely N-dealkylation sites (tertiary alicyclic amines) is 1. The van der Waals surface area contributed by atoms with Crippen LogP contribution < -0.4 is 15.4 Å². The zero-order valence-corrected chi connectivity index (χ0v) is 28.6. The largest absolute Gasteiger partial charge is 0.481 e. The summed E-state index contributed by atoms with van der Waals surface area (Å²) in [5.41, 5.74) is -0.502. The van der Waals surface area contributed by atoms with Gasteiger partial charge in [0.05, 0.1) is 12.3 Å². The average Bonchev–Trinajstić information content (AvgIpc) is 3.74. The van der Waals surface area contributed by atoms with Crippen LogP contribution in [0.4, 0.5) is 4.79 Å². The number of carbonyl (C=O) groups is 6. The van der Waals surface area contributed by atoms with Crippen molar-refractivity contribution < 1.29 is 43.3 Å². The monoisotopic (exact) mass is 695 g/mol. The lowest BCUT2D eigenvalue weighted by Crippen LogP contribution is -2.60. The zero-order valence-electron chi connectivity index (χ0n) is 28.6. The van der Waals surface area contributed by atoms with Crippen molar-refractivity contribution in [1.29, 1.82) is 0 Å². The minimum absolute atomic E-state index is 0.0851. The molecule has 2 saturated heterocycles. The summed E-state index contributed by atoms with van der Waals surface area (Å²) in [6, 6.07) is 9.02. The summed E-state index contributed by atoms with van der Waals surface area (Å²) in [5, 5.41) is 19.2. The number of nitrogens with zero attached hydrogens (tertiary/aromatic N) is 5. The molecule has 1 aliphatic carbocycles. The van der Waals surface area contributed by atoms with Crippen LogP contribution in [0.15, 0.2) is 36.4 Å². The number of hydrogen-bond donors (Lipinski definition) is 3. The van der Waals surface area contributed by atoms with Crippen molar-refractivity contribution in [1.82, 2.24) is 35.1 Å². The van der Waals surface area contributed by atoms with Crippen LogP contribution in [0.3, 0.4) is 0 Å². The summed E-state index contributed by atoms with van der Waals surface area (Å²) in [7, 11) is 1.57. The fraction of sp³-hybridized carbons (Fsp3) is 0.559. The SMILES string of the molecule is CCOC(=O)N1CCN(C(=O)[C@H](CCC(=O)O)NC(=O)c2cc(O[C@@H](C)C(=O)N3CCC[C@@]3(C(=O)NC)C3CC3)n(-c3ccccc3)n2)CC1. The molecule has 5 rings (SSSR count). The number of amides is 5. The van der Waals surface area contributed by atoms with Crippen molar-refractivity contribution in [3.8, 4) is 11.6 Å². The maximum absolute atomic E-state index is 13.9. The van der Waals surface area contributed by atoms with E-state index in [0.29, 0.717) is 25.1 Å². The number of ether oxygens (including phenoxy) is 2. The van der Waals surface area contributed by atoms with E-state index in [4.69, 9.17) is 9.47 Å². The Hall–Kier alpha value is -5.15. The lowest BCUT2D eigenvalue weighted by molar-refractivity contribution is -0.150. The summed E-state index contributed by atoms with van der Waals surface area (Å²) in [6.07, 6.45) is 0.938. The summed E-state index contributed by atoms with van der Waals surface area (Å²) < 4.78 is 12.6. The molecular weight excluding hydrogens is 650 g/mol. The van der Waals surface area contributed by atoms with Gasteiger partial charge in [0.1, 0.15) is 11.6 Å². The number of benzene rings is 1. The molecule has 16 heteroatoms. The summed E-state index contributed by atoms with van der Waals surface area (Å²) >= 11 is 0. The van der Waals surface area contributed by atoms with Crippen LogP contribution in [0.2, 0.25) is 0 Å². The number of para-hydroxylation sites is 1. The quantitative estimate of drug-likeness (QED) is 0.276. The van der Waals surface area contributed by atoms with Gasteiger partial charge in [0.25, 0.3) is 11.8 Å². The number of hydrogen-bond acceptors (Lipinski definition) is 9. The van der Waals surface area contributed by atoms with Crippen LogP contribution in [0.1, 0.15) is 62.9 Å². The molecule has 0 unspecified atom stereocenters. The second-order valence-electron chi connectivity index (χ2n) is 12.7. The number of nitrogens with one attached hydrogen (secondary N) is 2. The van der Waals surface area contributed by atoms with Gasteiger partial charge in [0.2, 0.25) is 17.7 Å². The van der Waals surface area contributed by atoms with Crippen LogP contribution in [0, 0.1) is 5.92 Å². The highest BCUT2D eigenvalue weighted by molar-refractivity contribution is 5.97. The van der Waals surface area contributed by atoms with Crippen LogP contribution in [-0.4, -0.2) is 129 Å². The molecule has 3 heterocycles. The standard InChI is InChI=1S/C34H45N7O9/c1-4-49-33(48)39-19-17-38(18-20-39)31(46)25(13-14-28(42)43)36-29(44)26-21-27(41(37-26)24-9-6-5-7-10-24)50-22(2)30(45)40-16-8-15-34(40,23-11-12-23)32(47)35-3/h5-7,9-10,21-23,25H,4,8,11-20H2,1-3H3,(H,35,47)(H,36,44)(H,42,43)/t22-,25-,34-/m0/s1. The van der Waals surface area contributed by atoms with Gasteiger partial charge in [-0.15, -0.1) is 0 Å². The second-order valence-corrected chi connectivity index (χ2v) is 12.7. The molecule has 0 bridgehead atoms. The Kier molecular flexibility index (Phi) is 11.3. The molecule has 3 aliphatic rings. The van der Waals surface area contributed by atoms with Gasteiger partial charge >= 0.3 is 12.1 Å². The van der Waals surface area contributed by atoms with E-state index in [1.165, 1.54) is 20.5 Å². The average molecular weight is 696 g/mol. The topological polar surface area (TPSA) is 193 Å². The number of likely N-dealkylation sites (N-methyl/N-ethyl adjacent to an activating group) is 1. The molecule has 3 N–H and O–H groups in total. The van der Waals surface area contributed by atoms with Gasteiger partial charge < -0.3 is 39.9 Å². The molecule has 1 aromatic carbocycles. The fourth-order valence-electron chi connectivity index (χ4n) is 6.84. The maximum atomic E-state index is 13.9. The predicted molar refractivity (Wildman–Crippen MR) is 177 cm³/mol. The highest BCUT2D eigenvalue weighted by Gasteiger charge is 2.58. The number of piperazine rings is 1. The van der Waals surface area contributed by atoms with Crippen LogP contribution in [-0.2, 0) is 23.9 Å². The fourth-order valence-corrected chi connectivity index (χ4v) is 6.84. The Morgan fingerprint density at radius 2 is 1.68 bits per heavy atom. The molecule has 270 valence electrons. The number of carbonyl (C=O) groups excluding carboxylic acids is 5. The Balaban J connectivity index is 1.34. The Morgan fingerprint density at radius 1 is 1.00 bits per heavy atom. The highest BCUT2D eigenvalue weighted by atomic mass is 16.6. The molecule has 5 amide bonds. The normalized spacial score (nSPS) is 20.1. The molecule has 2 aliphatic heterocycles. The zero-order chi connectivity index (χ0) is 36.0. The summed E-state index contributed by atoms with van der Waals surface area (Å²) in [4.78, 5) is 82.4. The molecular formula is C34H45N7O9. The van der Waals surface area contributed by atoms with Gasteiger partial charge in [-0.1, -0.05) is 18.2 Å². The van der Waals surface area contributed by atoms with E-state index in [1.54, 1.807) is 50.1 Å². The first-order valence-corrected chi connectivity index (χ1v) is 17.1. The van der Waals surface area contributed by atoms with Gasteiger partial charge in [-0.2, -0.15) is 5.10 Å². The van der Waals surface area contributed by atoms with E-state index in [9.17, 15) is 33.9 Å². The van der Waals surface area contributed by atoms with Gasteiger partial charge in [0.15, 0.2) is 11.8 Å². The summed E-state index contributed by atoms with van der Waals surface area (Å²) in [5.74, 6) is -2.73. The Labute approximate surface area is 290 Å². The minimum Gasteiger partial charge on any atom is -0.481 e. The molecule has 1 aromatic heterocycles. The highest BCUT2D eigenvalue weighted by Crippen LogP contribution is 2.49. The Morgan fingerprint density at radius 3 is 2.30 bits per heavy atom. The van der Waals surface area contributed by atoms with E-state index < -0.39 is 41.6 Å². The van der Waals surface area contributed by atoms with E-state index in [1.807, 2.05) is 6.07 Å². The predicted octanol–water partition coefficient (Wildman–Crippen LogP) is 1.42. The molecule has 3 atom stereocenters. The smallest absolute Gasteiger partial charge is 0.409 e. The van der Waals surface area contributed by atoms with Crippen molar-refractivity contribution >= 4 is 35.7 Å². The number of aromatic nitrogens is 2. The minimum atomic E-state index is -1.19. The number of carboxylic acids is 1. The lowest BCUT2D eigenvalue weighted by atomic mass is 9.88. The summed E-state index contributed by atoms with van der Waals surface area (Å²) in [6.45, 7) is 4.76. The third-order valence-corrected chi connectivity index (χ3v) is 9.48. The first-order valence-electron chi connectivity index (χ1n) is 17.1. The number of rotatable bonds is 13. The van der Waals surface area contributed by atoms with Crippen molar-refractivity contribution in [3.05, 3.63) is 42.1 Å². The van der Waals surface area contributed by atoms with E-state index >= 15 is 0 Å². The number of aliphatic carboxylic acids is 1. The lowest BCUT2D eigenvalue weighted by Gasteiger charge is -2.38. The van der Waals surface area contributed by atoms with Gasteiger partial charge in [0, 0.05) is 52.3 Å². The molecule has 2 aromatic rings. The first-order chi connectivity index (χ1) is 24.0. The first kappa shape index (κ1) is 36.1. The van der Waals surface area contributed by atoms with E-state index in [-0.39, 0.29) is 74.9 Å². The van der Waals surface area contributed by atoms with Crippen LogP contribution in [0.5, 0.6) is 5.88 Å². The molecule has 0 radical (unpaired) electrons. The van der Waals surface area contributed by atoms with Gasteiger partial charge in [-0.3, -0.25) is 24.0 Å². The third kappa shape index (κ3) is 7.68. The Bertz CT molecular complexity index is 1590. The molecule has 1 saturated carbocycles. The van der Waals surface area contributed by atoms with Gasteiger partial charge in [-0.05, 0) is 64.0 Å². The van der Waals surface area contributed by atoms with Crippen molar-refractivity contribution in [2.24, 2.45) is 5.92 Å².